The topological polar surface area (TPSA) is 57.9 Å². The van der Waals surface area contributed by atoms with E-state index in [1.165, 1.54) is 5.56 Å². The van der Waals surface area contributed by atoms with E-state index in [0.717, 1.165) is 64.6 Å². The highest BCUT2D eigenvalue weighted by Crippen LogP contribution is 2.28. The molecule has 27 heavy (non-hydrogen) atoms. The Bertz CT molecular complexity index is 611. The fraction of sp³-hybridized carbons (Fsp3) is 0.789. The van der Waals surface area contributed by atoms with Crippen molar-refractivity contribution >= 4 is 29.9 Å². The van der Waals surface area contributed by atoms with Crippen LogP contribution in [0, 0.1) is 0 Å². The monoisotopic (exact) mass is 490 g/mol. The standard InChI is InChI=1S/C19H34N6O.HI/c1-5-20-18(21-15-19(23(2)3)7-10-26-11-8-19)25-9-6-16(14-25)17-12-22-24(4)13-17;/h12-13,16H,5-11,14-15H2,1-4H3,(H,20,21);1H. The molecule has 2 saturated heterocycles. The SMILES string of the molecule is CCNC(=NCC1(N(C)C)CCOCC1)N1CCC(c2cnn(C)c2)C1.I. The number of guanidine groups is 1. The van der Waals surface area contributed by atoms with E-state index in [0.29, 0.717) is 5.92 Å². The highest BCUT2D eigenvalue weighted by atomic mass is 127. The van der Waals surface area contributed by atoms with Gasteiger partial charge >= 0.3 is 0 Å². The molecule has 0 aromatic carbocycles. The third-order valence-electron chi connectivity index (χ3n) is 5.91. The molecule has 1 N–H and O–H groups in total. The van der Waals surface area contributed by atoms with Crippen LogP contribution in [-0.2, 0) is 11.8 Å². The van der Waals surface area contributed by atoms with Crippen molar-refractivity contribution in [3.05, 3.63) is 18.0 Å². The minimum absolute atomic E-state index is 0. The maximum absolute atomic E-state index is 5.58. The minimum Gasteiger partial charge on any atom is -0.381 e. The summed E-state index contributed by atoms with van der Waals surface area (Å²) in [6.45, 7) is 7.57. The zero-order valence-corrected chi connectivity index (χ0v) is 19.5. The molecular weight excluding hydrogens is 455 g/mol. The van der Waals surface area contributed by atoms with Crippen LogP contribution in [0.3, 0.4) is 0 Å². The van der Waals surface area contributed by atoms with E-state index in [4.69, 9.17) is 9.73 Å². The van der Waals surface area contributed by atoms with Gasteiger partial charge in [-0.05, 0) is 45.8 Å². The van der Waals surface area contributed by atoms with E-state index in [1.807, 2.05) is 17.9 Å². The van der Waals surface area contributed by atoms with Crippen molar-refractivity contribution in [2.75, 3.05) is 53.5 Å². The Hall–Kier alpha value is -0.870. The van der Waals surface area contributed by atoms with E-state index < -0.39 is 0 Å². The predicted octanol–water partition coefficient (Wildman–Crippen LogP) is 1.90. The maximum Gasteiger partial charge on any atom is 0.194 e. The van der Waals surface area contributed by atoms with Crippen LogP contribution >= 0.6 is 24.0 Å². The van der Waals surface area contributed by atoms with Gasteiger partial charge in [0.05, 0.1) is 12.7 Å². The molecule has 0 bridgehead atoms. The van der Waals surface area contributed by atoms with Crippen LogP contribution in [0.5, 0.6) is 0 Å². The van der Waals surface area contributed by atoms with Crippen LogP contribution in [0.15, 0.2) is 17.4 Å². The summed E-state index contributed by atoms with van der Waals surface area (Å²) in [5, 5.41) is 7.83. The highest BCUT2D eigenvalue weighted by molar-refractivity contribution is 14.0. The summed E-state index contributed by atoms with van der Waals surface area (Å²) in [5.74, 6) is 1.59. The van der Waals surface area contributed by atoms with Crippen LogP contribution in [0.2, 0.25) is 0 Å². The van der Waals surface area contributed by atoms with Crippen LogP contribution in [0.25, 0.3) is 0 Å². The van der Waals surface area contributed by atoms with Gasteiger partial charge in [-0.3, -0.25) is 9.67 Å². The molecule has 2 fully saturated rings. The van der Waals surface area contributed by atoms with Gasteiger partial charge in [0.2, 0.25) is 0 Å². The maximum atomic E-state index is 5.58. The predicted molar refractivity (Wildman–Crippen MR) is 120 cm³/mol. The summed E-state index contributed by atoms with van der Waals surface area (Å²) in [7, 11) is 6.32. The molecule has 0 amide bonds. The number of nitrogens with zero attached hydrogens (tertiary/aromatic N) is 5. The molecule has 0 aliphatic carbocycles. The molecule has 3 rings (SSSR count). The lowest BCUT2D eigenvalue weighted by Crippen LogP contribution is -2.52. The molecule has 154 valence electrons. The second kappa shape index (κ2) is 10.1. The summed E-state index contributed by atoms with van der Waals surface area (Å²) in [5.41, 5.74) is 1.45. The molecule has 2 aliphatic heterocycles. The molecular formula is C19H35IN6O. The third-order valence-corrected chi connectivity index (χ3v) is 5.91. The normalized spacial score (nSPS) is 22.8. The fourth-order valence-corrected chi connectivity index (χ4v) is 4.02. The van der Waals surface area contributed by atoms with Gasteiger partial charge in [-0.15, -0.1) is 24.0 Å². The summed E-state index contributed by atoms with van der Waals surface area (Å²) in [4.78, 5) is 9.80. The summed E-state index contributed by atoms with van der Waals surface area (Å²) in [6, 6.07) is 0. The molecule has 0 spiro atoms. The number of hydrogen-bond acceptors (Lipinski definition) is 4. The van der Waals surface area contributed by atoms with Gasteiger partial charge < -0.3 is 19.9 Å². The minimum atomic E-state index is 0. The Morgan fingerprint density at radius 3 is 2.74 bits per heavy atom. The first-order chi connectivity index (χ1) is 12.5. The van der Waals surface area contributed by atoms with Crippen molar-refractivity contribution in [1.82, 2.24) is 24.9 Å². The second-order valence-electron chi connectivity index (χ2n) is 7.78. The molecule has 1 aromatic rings. The number of aromatic nitrogens is 2. The number of likely N-dealkylation sites (N-methyl/N-ethyl adjacent to an activating group) is 1. The molecule has 3 heterocycles. The number of nitrogens with one attached hydrogen (secondary N) is 1. The lowest BCUT2D eigenvalue weighted by molar-refractivity contribution is -0.00262. The van der Waals surface area contributed by atoms with Crippen molar-refractivity contribution in [3.8, 4) is 0 Å². The molecule has 7 nitrogen and oxygen atoms in total. The van der Waals surface area contributed by atoms with E-state index in [2.05, 4.69) is 47.4 Å². The Morgan fingerprint density at radius 1 is 1.41 bits per heavy atom. The first-order valence-electron chi connectivity index (χ1n) is 9.81. The Kier molecular flexibility index (Phi) is 8.36. The number of rotatable bonds is 5. The molecule has 1 unspecified atom stereocenters. The van der Waals surface area contributed by atoms with Gasteiger partial charge in [0, 0.05) is 57.5 Å². The van der Waals surface area contributed by atoms with E-state index in [1.54, 1.807) is 0 Å². The van der Waals surface area contributed by atoms with Crippen molar-refractivity contribution in [2.45, 2.75) is 37.6 Å². The Balaban J connectivity index is 0.00000261. The molecule has 1 atom stereocenters. The second-order valence-corrected chi connectivity index (χ2v) is 7.78. The number of ether oxygens (including phenoxy) is 1. The summed E-state index contributed by atoms with van der Waals surface area (Å²) in [6.07, 6.45) is 7.38. The number of hydrogen-bond donors (Lipinski definition) is 1. The van der Waals surface area contributed by atoms with Gasteiger partial charge in [0.1, 0.15) is 0 Å². The lowest BCUT2D eigenvalue weighted by Gasteiger charge is -2.42. The van der Waals surface area contributed by atoms with Crippen LogP contribution in [0.4, 0.5) is 0 Å². The number of halogens is 1. The third kappa shape index (κ3) is 5.35. The van der Waals surface area contributed by atoms with Crippen LogP contribution in [-0.4, -0.2) is 84.6 Å². The van der Waals surface area contributed by atoms with Crippen LogP contribution < -0.4 is 5.32 Å². The Morgan fingerprint density at radius 2 is 2.15 bits per heavy atom. The number of aliphatic imine (C=N–C) groups is 1. The van der Waals surface area contributed by atoms with Crippen LogP contribution in [0.1, 0.15) is 37.7 Å². The molecule has 0 radical (unpaired) electrons. The summed E-state index contributed by atoms with van der Waals surface area (Å²) < 4.78 is 7.48. The van der Waals surface area contributed by atoms with Gasteiger partial charge in [0.25, 0.3) is 0 Å². The smallest absolute Gasteiger partial charge is 0.194 e. The average molecular weight is 490 g/mol. The molecule has 1 aromatic heterocycles. The van der Waals surface area contributed by atoms with Gasteiger partial charge in [-0.1, -0.05) is 0 Å². The lowest BCUT2D eigenvalue weighted by atomic mass is 9.89. The zero-order valence-electron chi connectivity index (χ0n) is 17.1. The van der Waals surface area contributed by atoms with Gasteiger partial charge in [-0.25, -0.2) is 0 Å². The zero-order chi connectivity index (χ0) is 18.6. The quantitative estimate of drug-likeness (QED) is 0.388. The van der Waals surface area contributed by atoms with E-state index >= 15 is 0 Å². The van der Waals surface area contributed by atoms with E-state index in [-0.39, 0.29) is 29.5 Å². The molecule has 8 heteroatoms. The van der Waals surface area contributed by atoms with Crippen molar-refractivity contribution in [3.63, 3.8) is 0 Å². The molecule has 0 saturated carbocycles. The fourth-order valence-electron chi connectivity index (χ4n) is 4.02. The number of likely N-dealkylation sites (tertiary alicyclic amines) is 1. The van der Waals surface area contributed by atoms with Gasteiger partial charge in [-0.2, -0.15) is 5.10 Å². The first-order valence-corrected chi connectivity index (χ1v) is 9.81. The largest absolute Gasteiger partial charge is 0.381 e. The van der Waals surface area contributed by atoms with Crippen molar-refractivity contribution in [2.24, 2.45) is 12.0 Å². The van der Waals surface area contributed by atoms with Crippen molar-refractivity contribution < 1.29 is 4.74 Å². The average Bonchev–Trinajstić information content (AvgIpc) is 3.28. The van der Waals surface area contributed by atoms with E-state index in [9.17, 15) is 0 Å². The Labute approximate surface area is 180 Å². The molecule has 2 aliphatic rings. The highest BCUT2D eigenvalue weighted by Gasteiger charge is 2.35. The number of aryl methyl sites for hydroxylation is 1. The van der Waals surface area contributed by atoms with Crippen molar-refractivity contribution in [1.29, 1.82) is 0 Å². The summed E-state index contributed by atoms with van der Waals surface area (Å²) >= 11 is 0. The van der Waals surface area contributed by atoms with Gasteiger partial charge in [0.15, 0.2) is 5.96 Å². The first kappa shape index (κ1) is 22.4.